The minimum atomic E-state index is -3.47. The number of halogens is 2. The number of benzene rings is 1. The van der Waals surface area contributed by atoms with Crippen LogP contribution in [0.15, 0.2) is 11.1 Å². The van der Waals surface area contributed by atoms with Crippen LogP contribution in [-0.2, 0) is 16.3 Å². The average molecular weight is 366 g/mol. The summed E-state index contributed by atoms with van der Waals surface area (Å²) in [5.41, 5.74) is -1.97. The molecular weight excluding hydrogens is 342 g/mol. The lowest BCUT2D eigenvalue weighted by molar-refractivity contribution is -0.247. The lowest BCUT2D eigenvalue weighted by Crippen LogP contribution is -2.57. The third-order valence-corrected chi connectivity index (χ3v) is 4.55. The zero-order valence-electron chi connectivity index (χ0n) is 15.7. The third-order valence-electron chi connectivity index (χ3n) is 4.55. The Morgan fingerprint density at radius 2 is 2.08 bits per heavy atom. The maximum atomic E-state index is 14.8. The highest BCUT2D eigenvalue weighted by atomic mass is 19.3. The molecule has 2 rings (SSSR count). The highest BCUT2D eigenvalue weighted by Crippen LogP contribution is 2.62. The SMILES string of the molecule is CC#CCOCC1(O)c2c(OC)cc(N=CN(C)CC)c(C)c2C1(F)F. The van der Waals surface area contributed by atoms with E-state index in [4.69, 9.17) is 9.47 Å². The van der Waals surface area contributed by atoms with Crippen molar-refractivity contribution in [3.05, 3.63) is 22.8 Å². The van der Waals surface area contributed by atoms with Gasteiger partial charge in [-0.3, -0.25) is 0 Å². The van der Waals surface area contributed by atoms with E-state index in [1.807, 2.05) is 18.9 Å². The molecule has 142 valence electrons. The van der Waals surface area contributed by atoms with Crippen LogP contribution in [0.1, 0.15) is 30.5 Å². The summed E-state index contributed by atoms with van der Waals surface area (Å²) in [6, 6.07) is 1.56. The van der Waals surface area contributed by atoms with Gasteiger partial charge in [-0.15, -0.1) is 5.92 Å². The number of fused-ring (bicyclic) bond motifs is 1. The van der Waals surface area contributed by atoms with Gasteiger partial charge in [0.2, 0.25) is 0 Å². The molecule has 0 aromatic heterocycles. The number of aliphatic imine (C=N–C) groups is 1. The zero-order valence-corrected chi connectivity index (χ0v) is 15.7. The van der Waals surface area contributed by atoms with E-state index in [2.05, 4.69) is 16.8 Å². The predicted octanol–water partition coefficient (Wildman–Crippen LogP) is 2.95. The first-order valence-electron chi connectivity index (χ1n) is 8.29. The van der Waals surface area contributed by atoms with Crippen LogP contribution in [0.25, 0.3) is 0 Å². The minimum Gasteiger partial charge on any atom is -0.496 e. The molecule has 0 saturated carbocycles. The molecule has 1 aromatic carbocycles. The molecule has 5 nitrogen and oxygen atoms in total. The summed E-state index contributed by atoms with van der Waals surface area (Å²) in [5.74, 6) is 1.92. The summed E-state index contributed by atoms with van der Waals surface area (Å²) in [5, 5.41) is 10.6. The van der Waals surface area contributed by atoms with Gasteiger partial charge in [0.1, 0.15) is 12.4 Å². The first kappa shape index (κ1) is 20.1. The van der Waals surface area contributed by atoms with Gasteiger partial charge in [-0.2, -0.15) is 8.78 Å². The van der Waals surface area contributed by atoms with Crippen LogP contribution in [-0.4, -0.2) is 50.3 Å². The number of hydrogen-bond acceptors (Lipinski definition) is 4. The number of aliphatic hydroxyl groups is 1. The van der Waals surface area contributed by atoms with Crippen molar-refractivity contribution in [2.24, 2.45) is 4.99 Å². The standard InChI is InChI=1S/C19H24F2N2O3/c1-6-8-9-26-11-18(24)17-15(25-5)10-14(22-12-23(4)7-2)13(3)16(17)19(18,20)21/h10,12,24H,7,9,11H2,1-5H3. The molecule has 0 amide bonds. The third kappa shape index (κ3) is 3.15. The van der Waals surface area contributed by atoms with Crippen LogP contribution in [0, 0.1) is 18.8 Å². The Morgan fingerprint density at radius 1 is 1.38 bits per heavy atom. The monoisotopic (exact) mass is 366 g/mol. The van der Waals surface area contributed by atoms with E-state index < -0.39 is 18.1 Å². The molecule has 1 aromatic rings. The fraction of sp³-hybridized carbons (Fsp3) is 0.526. The van der Waals surface area contributed by atoms with E-state index in [0.717, 1.165) is 6.54 Å². The maximum absolute atomic E-state index is 14.8. The van der Waals surface area contributed by atoms with Crippen LogP contribution < -0.4 is 4.74 Å². The van der Waals surface area contributed by atoms with Gasteiger partial charge in [-0.05, 0) is 26.3 Å². The summed E-state index contributed by atoms with van der Waals surface area (Å²) in [7, 11) is 3.21. The van der Waals surface area contributed by atoms with Crippen molar-refractivity contribution < 1.29 is 23.4 Å². The van der Waals surface area contributed by atoms with E-state index in [1.165, 1.54) is 7.11 Å². The van der Waals surface area contributed by atoms with Gasteiger partial charge < -0.3 is 19.5 Å². The fourth-order valence-corrected chi connectivity index (χ4v) is 2.87. The van der Waals surface area contributed by atoms with E-state index in [1.54, 1.807) is 26.3 Å². The fourth-order valence-electron chi connectivity index (χ4n) is 2.87. The molecule has 0 aliphatic heterocycles. The molecule has 0 spiro atoms. The van der Waals surface area contributed by atoms with Crippen LogP contribution in [0.5, 0.6) is 5.75 Å². The molecule has 1 atom stereocenters. The smallest absolute Gasteiger partial charge is 0.308 e. The Labute approximate surface area is 152 Å². The number of methoxy groups -OCH3 is 1. The van der Waals surface area contributed by atoms with Gasteiger partial charge in [-0.1, -0.05) is 5.92 Å². The van der Waals surface area contributed by atoms with Gasteiger partial charge in [0.25, 0.3) is 0 Å². The Hall–Kier alpha value is -2.17. The molecule has 0 heterocycles. The highest BCUT2D eigenvalue weighted by molar-refractivity contribution is 5.71. The number of alkyl halides is 2. The lowest BCUT2D eigenvalue weighted by Gasteiger charge is -2.48. The quantitative estimate of drug-likeness (QED) is 0.349. The topological polar surface area (TPSA) is 54.3 Å². The largest absolute Gasteiger partial charge is 0.496 e. The van der Waals surface area contributed by atoms with Crippen molar-refractivity contribution in [1.82, 2.24) is 4.90 Å². The number of hydrogen-bond donors (Lipinski definition) is 1. The van der Waals surface area contributed by atoms with Gasteiger partial charge in [0.15, 0.2) is 5.60 Å². The number of nitrogens with zero attached hydrogens (tertiary/aromatic N) is 2. The molecule has 1 N–H and O–H groups in total. The molecular formula is C19H24F2N2O3. The zero-order chi connectivity index (χ0) is 19.5. The Bertz CT molecular complexity index is 768. The molecule has 26 heavy (non-hydrogen) atoms. The Kier molecular flexibility index (Phi) is 5.89. The summed E-state index contributed by atoms with van der Waals surface area (Å²) in [6.07, 6.45) is 1.57. The van der Waals surface area contributed by atoms with Gasteiger partial charge in [-0.25, -0.2) is 4.99 Å². The van der Waals surface area contributed by atoms with Gasteiger partial charge in [0.05, 0.1) is 25.7 Å². The van der Waals surface area contributed by atoms with E-state index in [0.29, 0.717) is 11.3 Å². The first-order chi connectivity index (χ1) is 12.2. The lowest BCUT2D eigenvalue weighted by atomic mass is 9.67. The summed E-state index contributed by atoms with van der Waals surface area (Å²) in [4.78, 5) is 6.10. The molecule has 0 bridgehead atoms. The average Bonchev–Trinajstić information content (AvgIpc) is 2.62. The predicted molar refractivity (Wildman–Crippen MR) is 96.2 cm³/mol. The van der Waals surface area contributed by atoms with Crippen molar-refractivity contribution in [2.45, 2.75) is 32.3 Å². The van der Waals surface area contributed by atoms with Crippen LogP contribution in [0.2, 0.25) is 0 Å². The first-order valence-corrected chi connectivity index (χ1v) is 8.29. The Morgan fingerprint density at radius 3 is 2.65 bits per heavy atom. The van der Waals surface area contributed by atoms with E-state index in [-0.39, 0.29) is 23.5 Å². The van der Waals surface area contributed by atoms with Crippen molar-refractivity contribution >= 4 is 12.0 Å². The molecule has 1 unspecified atom stereocenters. The number of ether oxygens (including phenoxy) is 2. The van der Waals surface area contributed by atoms with E-state index in [9.17, 15) is 13.9 Å². The van der Waals surface area contributed by atoms with Crippen molar-refractivity contribution in [3.8, 4) is 17.6 Å². The summed E-state index contributed by atoms with van der Waals surface area (Å²) < 4.78 is 40.1. The summed E-state index contributed by atoms with van der Waals surface area (Å²) >= 11 is 0. The summed E-state index contributed by atoms with van der Waals surface area (Å²) in [6.45, 7) is 5.27. The molecule has 0 fully saturated rings. The van der Waals surface area contributed by atoms with Crippen molar-refractivity contribution in [1.29, 1.82) is 0 Å². The molecule has 1 aliphatic carbocycles. The van der Waals surface area contributed by atoms with Crippen molar-refractivity contribution in [3.63, 3.8) is 0 Å². The highest BCUT2D eigenvalue weighted by Gasteiger charge is 2.68. The Balaban J connectivity index is 2.47. The van der Waals surface area contributed by atoms with Crippen LogP contribution >= 0.6 is 0 Å². The minimum absolute atomic E-state index is 0.0305. The molecule has 0 radical (unpaired) electrons. The van der Waals surface area contributed by atoms with Crippen LogP contribution in [0.4, 0.5) is 14.5 Å². The van der Waals surface area contributed by atoms with Gasteiger partial charge >= 0.3 is 5.92 Å². The molecule has 1 aliphatic rings. The second-order valence-electron chi connectivity index (χ2n) is 6.14. The second-order valence-corrected chi connectivity index (χ2v) is 6.14. The van der Waals surface area contributed by atoms with Crippen molar-refractivity contribution in [2.75, 3.05) is 33.9 Å². The van der Waals surface area contributed by atoms with Gasteiger partial charge in [0, 0.05) is 30.8 Å². The molecule has 0 saturated heterocycles. The number of rotatable bonds is 7. The normalized spacial score (nSPS) is 20.2. The van der Waals surface area contributed by atoms with Crippen LogP contribution in [0.3, 0.4) is 0 Å². The van der Waals surface area contributed by atoms with E-state index >= 15 is 0 Å². The maximum Gasteiger partial charge on any atom is 0.308 e. The molecule has 7 heteroatoms. The second kappa shape index (κ2) is 7.60.